The lowest BCUT2D eigenvalue weighted by atomic mass is 10.1. The molecule has 0 saturated heterocycles. The summed E-state index contributed by atoms with van der Waals surface area (Å²) in [6, 6.07) is 3.94. The second kappa shape index (κ2) is 9.54. The van der Waals surface area contributed by atoms with Crippen LogP contribution in [0.4, 0.5) is 5.69 Å². The highest BCUT2D eigenvalue weighted by Crippen LogP contribution is 2.22. The number of aromatic amines is 1. The van der Waals surface area contributed by atoms with Crippen LogP contribution in [0.5, 0.6) is 0 Å². The van der Waals surface area contributed by atoms with Crippen molar-refractivity contribution in [3.05, 3.63) is 36.4 Å². The van der Waals surface area contributed by atoms with Crippen LogP contribution >= 0.6 is 0 Å². The number of hydrogen-bond donors (Lipinski definition) is 3. The Morgan fingerprint density at radius 1 is 1.42 bits per heavy atom. The number of aromatic nitrogens is 2. The van der Waals surface area contributed by atoms with E-state index in [2.05, 4.69) is 9.97 Å². The number of nitrogens with two attached hydrogens (primary N) is 1. The number of aryl methyl sites for hydroxylation is 1. The van der Waals surface area contributed by atoms with Crippen LogP contribution in [0.2, 0.25) is 0 Å². The van der Waals surface area contributed by atoms with Crippen molar-refractivity contribution >= 4 is 23.7 Å². The minimum absolute atomic E-state index is 0.250. The van der Waals surface area contributed by atoms with Gasteiger partial charge in [-0.1, -0.05) is 0 Å². The molecule has 0 amide bonds. The van der Waals surface area contributed by atoms with E-state index in [0.717, 1.165) is 16.8 Å². The predicted octanol–water partition coefficient (Wildman–Crippen LogP) is 0.998. The van der Waals surface area contributed by atoms with Crippen LogP contribution < -0.4 is 5.73 Å². The van der Waals surface area contributed by atoms with Crippen molar-refractivity contribution in [1.82, 2.24) is 9.97 Å². The third-order valence-corrected chi connectivity index (χ3v) is 2.02. The quantitative estimate of drug-likeness (QED) is 0.670. The fourth-order valence-electron chi connectivity index (χ4n) is 1.37. The summed E-state index contributed by atoms with van der Waals surface area (Å²) >= 11 is -0.750. The Kier molecular flexibility index (Phi) is 8.29. The predicted molar refractivity (Wildman–Crippen MR) is 70.8 cm³/mol. The molecule has 0 saturated carbocycles. The summed E-state index contributed by atoms with van der Waals surface area (Å²) in [5.41, 5.74) is 9.67. The second-order valence-corrected chi connectivity index (χ2v) is 3.33. The molecule has 0 atom stereocenters. The lowest BCUT2D eigenvalue weighted by Crippen LogP contribution is -1.87. The first kappa shape index (κ1) is 16.5. The maximum atomic E-state index is 8.36. The van der Waals surface area contributed by atoms with Crippen LogP contribution in [0.25, 0.3) is 11.1 Å². The van der Waals surface area contributed by atoms with Crippen LogP contribution in [0.1, 0.15) is 5.69 Å². The summed E-state index contributed by atoms with van der Waals surface area (Å²) in [6.07, 6.45) is 5.37. The molecule has 8 heteroatoms. The average Bonchev–Trinajstić information content (AvgIpc) is 2.77. The lowest BCUT2D eigenvalue weighted by Gasteiger charge is -2.00. The van der Waals surface area contributed by atoms with Gasteiger partial charge in [-0.25, -0.2) is 0 Å². The molecular formula is C11H13N3O4S. The first-order chi connectivity index (χ1) is 9.10. The molecule has 0 aromatic carbocycles. The molecule has 0 spiro atoms. The zero-order valence-electron chi connectivity index (χ0n) is 10.1. The highest BCUT2D eigenvalue weighted by atomic mass is 32.1. The summed E-state index contributed by atoms with van der Waals surface area (Å²) in [5.74, 6) is 0. The van der Waals surface area contributed by atoms with Crippen molar-refractivity contribution < 1.29 is 18.3 Å². The smallest absolute Gasteiger partial charge is 0.335 e. The van der Waals surface area contributed by atoms with Crippen molar-refractivity contribution in [2.45, 2.75) is 6.92 Å². The van der Waals surface area contributed by atoms with E-state index in [4.69, 9.17) is 24.1 Å². The lowest BCUT2D eigenvalue weighted by molar-refractivity contribution is -0.122. The van der Waals surface area contributed by atoms with E-state index in [1.54, 1.807) is 6.20 Å². The Hall–Kier alpha value is -2.48. The topological polar surface area (TPSA) is 126 Å². The zero-order valence-corrected chi connectivity index (χ0v) is 10.9. The first-order valence-corrected chi connectivity index (χ1v) is 5.61. The summed E-state index contributed by atoms with van der Waals surface area (Å²) in [4.78, 5) is 15.5. The van der Waals surface area contributed by atoms with E-state index in [0.29, 0.717) is 5.69 Å². The fourth-order valence-corrected chi connectivity index (χ4v) is 1.37. The van der Waals surface area contributed by atoms with Gasteiger partial charge in [0.25, 0.3) is 6.47 Å². The Labute approximate surface area is 113 Å². The molecule has 7 nitrogen and oxygen atoms in total. The van der Waals surface area contributed by atoms with Gasteiger partial charge >= 0.3 is 11.6 Å². The van der Waals surface area contributed by atoms with Crippen LogP contribution in [-0.2, 0) is 16.4 Å². The van der Waals surface area contributed by atoms with Crippen molar-refractivity contribution in [1.29, 1.82) is 0 Å². The molecule has 0 aliphatic rings. The normalized spacial score (nSPS) is 8.26. The molecule has 0 aliphatic heterocycles. The van der Waals surface area contributed by atoms with E-state index < -0.39 is 11.6 Å². The Bertz CT molecular complexity index is 550. The third-order valence-electron chi connectivity index (χ3n) is 2.02. The van der Waals surface area contributed by atoms with E-state index in [9.17, 15) is 0 Å². The molecule has 0 aliphatic carbocycles. The van der Waals surface area contributed by atoms with Crippen molar-refractivity contribution in [3.8, 4) is 11.1 Å². The van der Waals surface area contributed by atoms with Gasteiger partial charge < -0.3 is 15.8 Å². The highest BCUT2D eigenvalue weighted by molar-refractivity contribution is 7.51. The Morgan fingerprint density at radius 2 is 2.00 bits per heavy atom. The largest absolute Gasteiger partial charge is 0.483 e. The number of carboxylic acid groups (broad SMARTS) is 1. The molecule has 2 aromatic heterocycles. The van der Waals surface area contributed by atoms with Crippen molar-refractivity contribution in [3.63, 3.8) is 0 Å². The molecule has 102 valence electrons. The van der Waals surface area contributed by atoms with Gasteiger partial charge in [-0.15, -0.1) is 0 Å². The number of nitrogens with one attached hydrogen (secondary N) is 1. The van der Waals surface area contributed by atoms with Crippen molar-refractivity contribution in [2.24, 2.45) is 0 Å². The molecule has 19 heavy (non-hydrogen) atoms. The molecule has 0 radical (unpaired) electrons. The number of nitrogens with zero attached hydrogens (tertiary/aromatic N) is 1. The van der Waals surface area contributed by atoms with Gasteiger partial charge in [-0.3, -0.25) is 9.78 Å². The number of carbonyl (C=O) groups is 1. The number of rotatable bonds is 1. The molecule has 0 bridgehead atoms. The van der Waals surface area contributed by atoms with E-state index in [1.165, 1.54) is 0 Å². The molecule has 2 aromatic rings. The fraction of sp³-hybridized carbons (Fsp3) is 0.0909. The Balaban J connectivity index is 0.000000465. The third kappa shape index (κ3) is 6.13. The average molecular weight is 283 g/mol. The standard InChI is InChI=1S/C10H11N3.CH2O2.O2S/c1-7-10(2-3-13-7)8-4-9(11)6-12-5-8;2-1-3;1-3-2/h2-6,13H,11H2,1H3;1H,(H,2,3);. The molecule has 4 N–H and O–H groups in total. The minimum Gasteiger partial charge on any atom is -0.483 e. The number of hydrogen-bond acceptors (Lipinski definition) is 5. The number of nitrogen functional groups attached to an aromatic ring is 1. The van der Waals surface area contributed by atoms with Gasteiger partial charge in [0.05, 0.1) is 5.69 Å². The molecule has 2 heterocycles. The minimum atomic E-state index is -0.750. The van der Waals surface area contributed by atoms with Gasteiger partial charge in [0.1, 0.15) is 0 Å². The number of anilines is 1. The highest BCUT2D eigenvalue weighted by Gasteiger charge is 2.02. The monoisotopic (exact) mass is 283 g/mol. The molecular weight excluding hydrogens is 270 g/mol. The maximum Gasteiger partial charge on any atom is 0.335 e. The molecule has 0 fully saturated rings. The van der Waals surface area contributed by atoms with Gasteiger partial charge in [-0.05, 0) is 19.1 Å². The maximum absolute atomic E-state index is 8.36. The van der Waals surface area contributed by atoms with Crippen LogP contribution in [0, 0.1) is 6.92 Å². The van der Waals surface area contributed by atoms with Crippen LogP contribution in [0.3, 0.4) is 0 Å². The van der Waals surface area contributed by atoms with Crippen LogP contribution in [-0.4, -0.2) is 30.0 Å². The number of pyridine rings is 1. The summed E-state index contributed by atoms with van der Waals surface area (Å²) in [7, 11) is 0. The summed E-state index contributed by atoms with van der Waals surface area (Å²) < 4.78 is 16.6. The zero-order chi connectivity index (χ0) is 14.7. The Morgan fingerprint density at radius 3 is 2.42 bits per heavy atom. The van der Waals surface area contributed by atoms with Crippen LogP contribution in [0.15, 0.2) is 30.7 Å². The second-order valence-electron chi connectivity index (χ2n) is 3.20. The number of H-pyrrole nitrogens is 1. The van der Waals surface area contributed by atoms with E-state index >= 15 is 0 Å². The van der Waals surface area contributed by atoms with Gasteiger partial charge in [0, 0.05) is 35.4 Å². The first-order valence-electron chi connectivity index (χ1n) is 4.95. The van der Waals surface area contributed by atoms with Gasteiger partial charge in [0.2, 0.25) is 0 Å². The molecule has 2 rings (SSSR count). The SMILES string of the molecule is Cc1[nH]ccc1-c1cncc(N)c1.O=CO.O=S=O. The summed E-state index contributed by atoms with van der Waals surface area (Å²) in [5, 5.41) is 6.89. The summed E-state index contributed by atoms with van der Waals surface area (Å²) in [6.45, 7) is 1.78. The van der Waals surface area contributed by atoms with Gasteiger partial charge in [0.15, 0.2) is 0 Å². The van der Waals surface area contributed by atoms with E-state index in [-0.39, 0.29) is 6.47 Å². The van der Waals surface area contributed by atoms with Gasteiger partial charge in [-0.2, -0.15) is 8.42 Å². The van der Waals surface area contributed by atoms with E-state index in [1.807, 2.05) is 31.5 Å². The molecule has 0 unspecified atom stereocenters. The van der Waals surface area contributed by atoms with Crippen molar-refractivity contribution in [2.75, 3.05) is 5.73 Å².